The summed E-state index contributed by atoms with van der Waals surface area (Å²) in [7, 11) is 3.75. The predicted octanol–water partition coefficient (Wildman–Crippen LogP) is 2.19. The summed E-state index contributed by atoms with van der Waals surface area (Å²) in [5, 5.41) is 9.24. The molecule has 1 unspecified atom stereocenters. The van der Waals surface area contributed by atoms with Crippen molar-refractivity contribution in [1.82, 2.24) is 5.32 Å². The summed E-state index contributed by atoms with van der Waals surface area (Å²) in [5.74, 6) is 0. The van der Waals surface area contributed by atoms with Crippen molar-refractivity contribution in [3.63, 3.8) is 0 Å². The molecule has 0 aromatic carbocycles. The van der Waals surface area contributed by atoms with Gasteiger partial charge < -0.3 is 5.32 Å². The van der Waals surface area contributed by atoms with Gasteiger partial charge in [-0.15, -0.1) is 12.4 Å². The molecule has 0 heterocycles. The Kier molecular flexibility index (Phi) is 24.9. The average molecular weight is 194 g/mol. The molecular formula is C8H20ClN3. The normalized spacial score (nSPS) is 9.67. The first-order valence-electron chi connectivity index (χ1n) is 3.92. The van der Waals surface area contributed by atoms with Crippen LogP contribution >= 0.6 is 12.4 Å². The topological polar surface area (TPSA) is 48.2 Å². The Hall–Kier alpha value is -0.370. The highest BCUT2D eigenvalue weighted by Crippen LogP contribution is 1.97. The van der Waals surface area contributed by atoms with Crippen molar-refractivity contribution in [1.29, 1.82) is 5.41 Å². The summed E-state index contributed by atoms with van der Waals surface area (Å²) in [6.45, 7) is 4.10. The number of nitrogens with zero attached hydrogens (tertiary/aromatic N) is 1. The minimum absolute atomic E-state index is 0. The molecule has 0 aliphatic rings. The molecule has 2 N–H and O–H groups in total. The van der Waals surface area contributed by atoms with Crippen LogP contribution in [0.2, 0.25) is 0 Å². The summed E-state index contributed by atoms with van der Waals surface area (Å²) < 4.78 is 0. The highest BCUT2D eigenvalue weighted by molar-refractivity contribution is 5.85. The second kappa shape index (κ2) is 16.9. The van der Waals surface area contributed by atoms with Crippen molar-refractivity contribution < 1.29 is 0 Å². The number of hydrogen-bond acceptors (Lipinski definition) is 3. The third-order valence-electron chi connectivity index (χ3n) is 0.991. The molecule has 0 aliphatic carbocycles. The van der Waals surface area contributed by atoms with Gasteiger partial charge in [0.05, 0.1) is 12.1 Å². The van der Waals surface area contributed by atoms with Crippen molar-refractivity contribution >= 4 is 18.4 Å². The van der Waals surface area contributed by atoms with Crippen LogP contribution in [0.5, 0.6) is 0 Å². The van der Waals surface area contributed by atoms with E-state index in [4.69, 9.17) is 5.41 Å². The summed E-state index contributed by atoms with van der Waals surface area (Å²) >= 11 is 0. The molecule has 3 nitrogen and oxygen atoms in total. The zero-order valence-electron chi connectivity index (χ0n) is 8.35. The van der Waals surface area contributed by atoms with Crippen LogP contribution in [0, 0.1) is 5.41 Å². The van der Waals surface area contributed by atoms with Gasteiger partial charge in [0.25, 0.3) is 0 Å². The molecule has 0 rings (SSSR count). The minimum Gasteiger partial charge on any atom is -0.323 e. The number of rotatable bonds is 3. The highest BCUT2D eigenvalue weighted by atomic mass is 35.5. The Bertz CT molecular complexity index is 111. The van der Waals surface area contributed by atoms with E-state index in [1.165, 1.54) is 0 Å². The summed E-state index contributed by atoms with van der Waals surface area (Å²) in [5.41, 5.74) is 0. The number of hydrogen-bond donors (Lipinski definition) is 2. The van der Waals surface area contributed by atoms with Crippen LogP contribution in [-0.4, -0.2) is 26.1 Å². The predicted molar refractivity (Wildman–Crippen MR) is 56.8 cm³/mol. The van der Waals surface area contributed by atoms with Crippen LogP contribution in [0.1, 0.15) is 26.7 Å². The summed E-state index contributed by atoms with van der Waals surface area (Å²) in [4.78, 5) is 3.73. The number of halogens is 1. The van der Waals surface area contributed by atoms with Gasteiger partial charge in [0.15, 0.2) is 0 Å². The van der Waals surface area contributed by atoms with Crippen molar-refractivity contribution in [2.75, 3.05) is 14.1 Å². The van der Waals surface area contributed by atoms with Crippen LogP contribution in [0.25, 0.3) is 0 Å². The maximum atomic E-state index is 6.49. The van der Waals surface area contributed by atoms with E-state index < -0.39 is 0 Å². The van der Waals surface area contributed by atoms with Crippen LogP contribution in [0.15, 0.2) is 4.99 Å². The van der Waals surface area contributed by atoms with Gasteiger partial charge in [-0.25, -0.2) is 10.4 Å². The van der Waals surface area contributed by atoms with E-state index in [9.17, 15) is 0 Å². The van der Waals surface area contributed by atoms with Crippen LogP contribution in [0.3, 0.4) is 0 Å². The molecule has 0 saturated carbocycles. The SMILES string of the molecule is CCCC(C)N=C=N.CNC.Cl. The lowest BCUT2D eigenvalue weighted by molar-refractivity contribution is 0.657. The molecule has 12 heavy (non-hydrogen) atoms. The van der Waals surface area contributed by atoms with Crippen molar-refractivity contribution in [2.45, 2.75) is 32.7 Å². The summed E-state index contributed by atoms with van der Waals surface area (Å²) in [6, 6.07) is 2.32. The monoisotopic (exact) mass is 193 g/mol. The summed E-state index contributed by atoms with van der Waals surface area (Å²) in [6.07, 6.45) is 2.19. The van der Waals surface area contributed by atoms with Crippen molar-refractivity contribution in [2.24, 2.45) is 4.99 Å². The van der Waals surface area contributed by atoms with Gasteiger partial charge in [0.1, 0.15) is 0 Å². The van der Waals surface area contributed by atoms with Crippen LogP contribution < -0.4 is 5.32 Å². The van der Waals surface area contributed by atoms with Gasteiger partial charge in [-0.05, 0) is 27.4 Å². The molecule has 74 valence electrons. The lowest BCUT2D eigenvalue weighted by Crippen LogP contribution is -1.94. The molecule has 0 aliphatic heterocycles. The highest BCUT2D eigenvalue weighted by Gasteiger charge is 1.92. The number of nitrogens with one attached hydrogen (secondary N) is 2. The smallest absolute Gasteiger partial charge is 0.0864 e. The van der Waals surface area contributed by atoms with E-state index >= 15 is 0 Å². The standard InChI is InChI=1S/C6H12N2.C2H7N.ClH/c1-3-4-6(2)8-5-7;1-3-2;/h6-7H,3-4H2,1-2H3;3H,1-2H3;1H. The second-order valence-electron chi connectivity index (χ2n) is 2.38. The zero-order valence-corrected chi connectivity index (χ0v) is 9.16. The van der Waals surface area contributed by atoms with Gasteiger partial charge in [-0.3, -0.25) is 0 Å². The Labute approximate surface area is 81.6 Å². The van der Waals surface area contributed by atoms with E-state index in [0.717, 1.165) is 12.8 Å². The first kappa shape index (κ1) is 17.6. The Morgan fingerprint density at radius 3 is 2.17 bits per heavy atom. The third-order valence-corrected chi connectivity index (χ3v) is 0.991. The van der Waals surface area contributed by atoms with Gasteiger partial charge in [-0.1, -0.05) is 13.3 Å². The maximum absolute atomic E-state index is 6.49. The lowest BCUT2D eigenvalue weighted by Gasteiger charge is -1.97. The number of aliphatic imine (C=N–C) groups is 1. The van der Waals surface area contributed by atoms with E-state index in [1.54, 1.807) is 0 Å². The molecule has 0 fully saturated rings. The fourth-order valence-corrected chi connectivity index (χ4v) is 0.593. The Morgan fingerprint density at radius 2 is 1.92 bits per heavy atom. The molecule has 0 aromatic heterocycles. The first-order chi connectivity index (χ1) is 5.22. The quantitative estimate of drug-likeness (QED) is 0.664. The molecule has 1 atom stereocenters. The fourth-order valence-electron chi connectivity index (χ4n) is 0.593. The molecule has 0 radical (unpaired) electrons. The first-order valence-corrected chi connectivity index (χ1v) is 3.92. The second-order valence-corrected chi connectivity index (χ2v) is 2.38. The fraction of sp³-hybridized carbons (Fsp3) is 0.875. The maximum Gasteiger partial charge on any atom is 0.0864 e. The zero-order chi connectivity index (χ0) is 9.11. The Balaban J connectivity index is -0.000000177. The third kappa shape index (κ3) is 22.6. The molecule has 0 spiro atoms. The van der Waals surface area contributed by atoms with Gasteiger partial charge >= 0.3 is 0 Å². The molecule has 4 heteroatoms. The van der Waals surface area contributed by atoms with Gasteiger partial charge in [0, 0.05) is 0 Å². The Morgan fingerprint density at radius 1 is 1.50 bits per heavy atom. The molecule has 0 saturated heterocycles. The van der Waals surface area contributed by atoms with Crippen LogP contribution in [0.4, 0.5) is 0 Å². The molecule has 0 amide bonds. The van der Waals surface area contributed by atoms with Gasteiger partial charge in [-0.2, -0.15) is 0 Å². The molecule has 0 aromatic rings. The van der Waals surface area contributed by atoms with E-state index in [1.807, 2.05) is 27.0 Å². The lowest BCUT2D eigenvalue weighted by atomic mass is 10.2. The molecular weight excluding hydrogens is 174 g/mol. The van der Waals surface area contributed by atoms with E-state index in [0.29, 0.717) is 0 Å². The largest absolute Gasteiger partial charge is 0.323 e. The molecule has 0 bridgehead atoms. The minimum atomic E-state index is 0. The van der Waals surface area contributed by atoms with Crippen molar-refractivity contribution in [3.8, 4) is 0 Å². The van der Waals surface area contributed by atoms with Crippen molar-refractivity contribution in [3.05, 3.63) is 0 Å². The van der Waals surface area contributed by atoms with E-state index in [2.05, 4.69) is 17.2 Å². The van der Waals surface area contributed by atoms with E-state index in [-0.39, 0.29) is 18.4 Å². The van der Waals surface area contributed by atoms with Gasteiger partial charge in [0.2, 0.25) is 0 Å². The average Bonchev–Trinajstić information content (AvgIpc) is 1.90. The van der Waals surface area contributed by atoms with Crippen LogP contribution in [-0.2, 0) is 0 Å².